The summed E-state index contributed by atoms with van der Waals surface area (Å²) in [5.74, 6) is -1.72. The average Bonchev–Trinajstić information content (AvgIpc) is 2.42. The SMILES string of the molecule is Cc1cc(F)ccc1NS(=O)(=O)c1ccc(Br)c(C(=O)O)c1. The van der Waals surface area contributed by atoms with Gasteiger partial charge in [0.25, 0.3) is 10.0 Å². The molecule has 2 aromatic rings. The van der Waals surface area contributed by atoms with Gasteiger partial charge in [-0.15, -0.1) is 0 Å². The Hall–Kier alpha value is -1.93. The van der Waals surface area contributed by atoms with Gasteiger partial charge in [-0.1, -0.05) is 0 Å². The van der Waals surface area contributed by atoms with E-state index in [-0.39, 0.29) is 20.6 Å². The van der Waals surface area contributed by atoms with Crippen molar-refractivity contribution >= 4 is 37.6 Å². The Kier molecular flexibility index (Phi) is 4.52. The van der Waals surface area contributed by atoms with E-state index in [1.165, 1.54) is 24.3 Å². The molecule has 0 atom stereocenters. The highest BCUT2D eigenvalue weighted by Crippen LogP contribution is 2.24. The van der Waals surface area contributed by atoms with Crippen molar-refractivity contribution in [3.8, 4) is 0 Å². The third-order valence-corrected chi connectivity index (χ3v) is 4.97. The van der Waals surface area contributed by atoms with E-state index < -0.39 is 21.8 Å². The summed E-state index contributed by atoms with van der Waals surface area (Å²) >= 11 is 3.05. The van der Waals surface area contributed by atoms with E-state index in [0.29, 0.717) is 5.56 Å². The van der Waals surface area contributed by atoms with Crippen molar-refractivity contribution in [2.45, 2.75) is 11.8 Å². The maximum atomic E-state index is 13.0. The molecule has 0 spiro atoms. The van der Waals surface area contributed by atoms with Crippen molar-refractivity contribution in [1.29, 1.82) is 0 Å². The molecule has 0 aromatic heterocycles. The quantitative estimate of drug-likeness (QED) is 0.841. The standard InChI is InChI=1S/C14H11BrFNO4S/c1-8-6-9(16)2-5-13(8)17-22(20,21)10-3-4-12(15)11(7-10)14(18)19/h2-7,17H,1H3,(H,18,19). The number of carboxylic acid groups (broad SMARTS) is 1. The fourth-order valence-electron chi connectivity index (χ4n) is 1.78. The molecule has 116 valence electrons. The summed E-state index contributed by atoms with van der Waals surface area (Å²) in [5.41, 5.74) is 0.471. The van der Waals surface area contributed by atoms with Crippen molar-refractivity contribution in [2.75, 3.05) is 4.72 Å². The van der Waals surface area contributed by atoms with Gasteiger partial charge in [0.05, 0.1) is 16.1 Å². The van der Waals surface area contributed by atoms with E-state index in [1.54, 1.807) is 6.92 Å². The number of nitrogens with one attached hydrogen (secondary N) is 1. The predicted molar refractivity (Wildman–Crippen MR) is 83.0 cm³/mol. The average molecular weight is 388 g/mol. The van der Waals surface area contributed by atoms with Crippen molar-refractivity contribution in [3.63, 3.8) is 0 Å². The highest BCUT2D eigenvalue weighted by atomic mass is 79.9. The van der Waals surface area contributed by atoms with Crippen molar-refractivity contribution in [3.05, 3.63) is 57.8 Å². The second-order valence-corrected chi connectivity index (χ2v) is 7.05. The molecule has 0 aliphatic heterocycles. The van der Waals surface area contributed by atoms with E-state index in [1.807, 2.05) is 0 Å². The van der Waals surface area contributed by atoms with Crippen LogP contribution in [0.2, 0.25) is 0 Å². The first-order chi connectivity index (χ1) is 10.2. The topological polar surface area (TPSA) is 83.5 Å². The van der Waals surface area contributed by atoms with E-state index in [9.17, 15) is 17.6 Å². The number of carboxylic acids is 1. The molecule has 2 N–H and O–H groups in total. The number of sulfonamides is 1. The van der Waals surface area contributed by atoms with Crippen LogP contribution in [0.25, 0.3) is 0 Å². The van der Waals surface area contributed by atoms with Crippen LogP contribution in [0.3, 0.4) is 0 Å². The van der Waals surface area contributed by atoms with Crippen molar-refractivity contribution < 1.29 is 22.7 Å². The Morgan fingerprint density at radius 3 is 2.50 bits per heavy atom. The number of aryl methyl sites for hydroxylation is 1. The summed E-state index contributed by atoms with van der Waals surface area (Å²) < 4.78 is 40.3. The van der Waals surface area contributed by atoms with Gasteiger partial charge >= 0.3 is 5.97 Å². The van der Waals surface area contributed by atoms with Crippen molar-refractivity contribution in [1.82, 2.24) is 0 Å². The lowest BCUT2D eigenvalue weighted by atomic mass is 10.2. The Morgan fingerprint density at radius 1 is 1.23 bits per heavy atom. The van der Waals surface area contributed by atoms with Crippen LogP contribution in [0.15, 0.2) is 45.8 Å². The van der Waals surface area contributed by atoms with Gasteiger partial charge in [-0.05, 0) is 64.8 Å². The smallest absolute Gasteiger partial charge is 0.336 e. The Balaban J connectivity index is 2.42. The summed E-state index contributed by atoms with van der Waals surface area (Å²) in [6.45, 7) is 1.56. The molecular weight excluding hydrogens is 377 g/mol. The maximum Gasteiger partial charge on any atom is 0.336 e. The molecule has 2 rings (SSSR count). The molecule has 0 unspecified atom stereocenters. The van der Waals surface area contributed by atoms with Gasteiger partial charge in [0, 0.05) is 4.47 Å². The van der Waals surface area contributed by atoms with Gasteiger partial charge in [-0.25, -0.2) is 17.6 Å². The lowest BCUT2D eigenvalue weighted by molar-refractivity contribution is 0.0695. The molecule has 22 heavy (non-hydrogen) atoms. The van der Waals surface area contributed by atoms with E-state index in [0.717, 1.165) is 12.1 Å². The van der Waals surface area contributed by atoms with E-state index in [2.05, 4.69) is 20.7 Å². The Morgan fingerprint density at radius 2 is 1.91 bits per heavy atom. The van der Waals surface area contributed by atoms with Gasteiger partial charge in [0.1, 0.15) is 5.82 Å². The zero-order valence-electron chi connectivity index (χ0n) is 11.3. The first-order valence-electron chi connectivity index (χ1n) is 6.02. The predicted octanol–water partition coefficient (Wildman–Crippen LogP) is 3.40. The highest BCUT2D eigenvalue weighted by Gasteiger charge is 2.19. The summed E-state index contributed by atoms with van der Waals surface area (Å²) in [5, 5.41) is 9.03. The molecule has 0 saturated heterocycles. The number of hydrogen-bond donors (Lipinski definition) is 2. The number of carbonyl (C=O) groups is 1. The van der Waals surface area contributed by atoms with E-state index in [4.69, 9.17) is 5.11 Å². The molecule has 5 nitrogen and oxygen atoms in total. The van der Waals surface area contributed by atoms with Gasteiger partial charge in [-0.3, -0.25) is 4.72 Å². The van der Waals surface area contributed by atoms with Crippen LogP contribution in [-0.4, -0.2) is 19.5 Å². The second-order valence-electron chi connectivity index (χ2n) is 4.51. The molecule has 0 heterocycles. The van der Waals surface area contributed by atoms with Crippen LogP contribution in [0.4, 0.5) is 10.1 Å². The lowest BCUT2D eigenvalue weighted by Crippen LogP contribution is -2.14. The molecular formula is C14H11BrFNO4S. The van der Waals surface area contributed by atoms with Crippen LogP contribution in [-0.2, 0) is 10.0 Å². The molecule has 2 aromatic carbocycles. The number of anilines is 1. The highest BCUT2D eigenvalue weighted by molar-refractivity contribution is 9.10. The lowest BCUT2D eigenvalue weighted by Gasteiger charge is -2.11. The number of aromatic carboxylic acids is 1. The molecule has 0 fully saturated rings. The summed E-state index contributed by atoms with van der Waals surface area (Å²) in [7, 11) is -3.98. The molecule has 0 amide bonds. The van der Waals surface area contributed by atoms with Crippen LogP contribution >= 0.6 is 15.9 Å². The first kappa shape index (κ1) is 16.4. The third kappa shape index (κ3) is 3.45. The fraction of sp³-hybridized carbons (Fsp3) is 0.0714. The Labute approximate surface area is 135 Å². The van der Waals surface area contributed by atoms with Gasteiger partial charge in [0.2, 0.25) is 0 Å². The van der Waals surface area contributed by atoms with E-state index >= 15 is 0 Å². The minimum absolute atomic E-state index is 0.168. The van der Waals surface area contributed by atoms with Crippen LogP contribution < -0.4 is 4.72 Å². The normalized spacial score (nSPS) is 11.2. The van der Waals surface area contributed by atoms with Gasteiger partial charge in [-0.2, -0.15) is 0 Å². The number of benzene rings is 2. The summed E-state index contributed by atoms with van der Waals surface area (Å²) in [6, 6.07) is 7.30. The minimum Gasteiger partial charge on any atom is -0.478 e. The Bertz CT molecular complexity index is 852. The monoisotopic (exact) mass is 387 g/mol. The largest absolute Gasteiger partial charge is 0.478 e. The molecule has 8 heteroatoms. The number of hydrogen-bond acceptors (Lipinski definition) is 3. The number of rotatable bonds is 4. The number of halogens is 2. The molecule has 0 saturated carbocycles. The van der Waals surface area contributed by atoms with Crippen LogP contribution in [0, 0.1) is 12.7 Å². The third-order valence-electron chi connectivity index (χ3n) is 2.91. The molecule has 0 aliphatic rings. The van der Waals surface area contributed by atoms with Crippen molar-refractivity contribution in [2.24, 2.45) is 0 Å². The molecule has 0 aliphatic carbocycles. The molecule has 0 bridgehead atoms. The minimum atomic E-state index is -3.98. The van der Waals surface area contributed by atoms with Gasteiger partial charge in [0.15, 0.2) is 0 Å². The van der Waals surface area contributed by atoms with Crippen LogP contribution in [0.5, 0.6) is 0 Å². The first-order valence-corrected chi connectivity index (χ1v) is 8.30. The molecule has 0 radical (unpaired) electrons. The summed E-state index contributed by atoms with van der Waals surface area (Å²) in [6.07, 6.45) is 0. The van der Waals surface area contributed by atoms with Gasteiger partial charge < -0.3 is 5.11 Å². The second kappa shape index (κ2) is 6.05. The zero-order chi connectivity index (χ0) is 16.5. The maximum absolute atomic E-state index is 13.0. The fourth-order valence-corrected chi connectivity index (χ4v) is 3.35. The van der Waals surface area contributed by atoms with Crippen LogP contribution in [0.1, 0.15) is 15.9 Å². The zero-order valence-corrected chi connectivity index (χ0v) is 13.7. The summed E-state index contributed by atoms with van der Waals surface area (Å²) in [4.78, 5) is 10.9.